The van der Waals surface area contributed by atoms with E-state index in [2.05, 4.69) is 16.9 Å². The van der Waals surface area contributed by atoms with Crippen LogP contribution in [0, 0.1) is 0 Å². The summed E-state index contributed by atoms with van der Waals surface area (Å²) in [5, 5.41) is 12.6. The molecule has 0 spiro atoms. The molecule has 1 saturated carbocycles. The van der Waals surface area contributed by atoms with Crippen molar-refractivity contribution in [1.29, 1.82) is 0 Å². The van der Waals surface area contributed by atoms with Crippen molar-refractivity contribution in [3.8, 4) is 5.75 Å². The number of carbonyl (C=O) groups is 1. The zero-order valence-corrected chi connectivity index (χ0v) is 10.8. The summed E-state index contributed by atoms with van der Waals surface area (Å²) >= 11 is 0. The van der Waals surface area contributed by atoms with Crippen LogP contribution in [-0.4, -0.2) is 34.8 Å². The summed E-state index contributed by atoms with van der Waals surface area (Å²) in [4.78, 5) is 16.0. The third kappa shape index (κ3) is 3.32. The second-order valence-electron chi connectivity index (χ2n) is 4.71. The standard InChI is InChI=1S/C14H18N2O3/c1-2-9-19-11-5-3-8-15-12(11)13(17)16-10-14(18)6-4-7-14/h2-3,5,8,18H,1,4,6-7,9-10H2,(H,16,17). The number of nitrogens with zero attached hydrogens (tertiary/aromatic N) is 1. The van der Waals surface area contributed by atoms with Crippen molar-refractivity contribution in [3.05, 3.63) is 36.7 Å². The van der Waals surface area contributed by atoms with E-state index in [-0.39, 0.29) is 18.1 Å². The highest BCUT2D eigenvalue weighted by Gasteiger charge is 2.34. The molecule has 5 heteroatoms. The van der Waals surface area contributed by atoms with Crippen LogP contribution in [0.2, 0.25) is 0 Å². The summed E-state index contributed by atoms with van der Waals surface area (Å²) in [6.45, 7) is 4.13. The molecule has 0 aromatic carbocycles. The number of rotatable bonds is 6. The molecule has 1 aliphatic carbocycles. The lowest BCUT2D eigenvalue weighted by Crippen LogP contribution is -2.47. The number of nitrogens with one attached hydrogen (secondary N) is 1. The minimum atomic E-state index is -0.743. The van der Waals surface area contributed by atoms with Gasteiger partial charge in [0.1, 0.15) is 6.61 Å². The predicted octanol–water partition coefficient (Wildman–Crippen LogP) is 1.29. The van der Waals surface area contributed by atoms with E-state index in [4.69, 9.17) is 4.74 Å². The van der Waals surface area contributed by atoms with Gasteiger partial charge in [-0.25, -0.2) is 4.98 Å². The number of hydrogen-bond donors (Lipinski definition) is 2. The largest absolute Gasteiger partial charge is 0.487 e. The Bertz CT molecular complexity index is 470. The molecule has 2 N–H and O–H groups in total. The van der Waals surface area contributed by atoms with Crippen molar-refractivity contribution >= 4 is 5.91 Å². The number of pyridine rings is 1. The first-order valence-electron chi connectivity index (χ1n) is 6.34. The number of aromatic nitrogens is 1. The average Bonchev–Trinajstić information content (AvgIpc) is 2.40. The highest BCUT2D eigenvalue weighted by molar-refractivity contribution is 5.94. The molecule has 0 atom stereocenters. The monoisotopic (exact) mass is 262 g/mol. The Balaban J connectivity index is 1.99. The molecule has 0 saturated heterocycles. The molecule has 5 nitrogen and oxygen atoms in total. The van der Waals surface area contributed by atoms with Gasteiger partial charge in [0.2, 0.25) is 0 Å². The Morgan fingerprint density at radius 3 is 3.05 bits per heavy atom. The van der Waals surface area contributed by atoms with Crippen molar-refractivity contribution in [2.75, 3.05) is 13.2 Å². The van der Waals surface area contributed by atoms with Crippen molar-refractivity contribution in [2.24, 2.45) is 0 Å². The maximum atomic E-state index is 12.0. The second kappa shape index (κ2) is 5.84. The lowest BCUT2D eigenvalue weighted by atomic mass is 9.80. The first-order chi connectivity index (χ1) is 9.14. The van der Waals surface area contributed by atoms with Crippen molar-refractivity contribution in [2.45, 2.75) is 24.9 Å². The molecule has 102 valence electrons. The van der Waals surface area contributed by atoms with Gasteiger partial charge in [0.25, 0.3) is 5.91 Å². The summed E-state index contributed by atoms with van der Waals surface area (Å²) in [7, 11) is 0. The molecule has 0 unspecified atom stereocenters. The Kier molecular flexibility index (Phi) is 4.16. The zero-order chi connectivity index (χ0) is 13.7. The summed E-state index contributed by atoms with van der Waals surface area (Å²) in [5.41, 5.74) is -0.515. The van der Waals surface area contributed by atoms with Crippen LogP contribution < -0.4 is 10.1 Å². The molecule has 19 heavy (non-hydrogen) atoms. The summed E-state index contributed by atoms with van der Waals surface area (Å²) in [5.74, 6) is 0.0838. The Hall–Kier alpha value is -1.88. The molecule has 1 fully saturated rings. The smallest absolute Gasteiger partial charge is 0.273 e. The lowest BCUT2D eigenvalue weighted by Gasteiger charge is -2.36. The molecule has 1 aromatic rings. The quantitative estimate of drug-likeness (QED) is 0.758. The molecule has 1 aliphatic rings. The highest BCUT2D eigenvalue weighted by atomic mass is 16.5. The van der Waals surface area contributed by atoms with Gasteiger partial charge in [-0.1, -0.05) is 12.7 Å². The molecule has 0 radical (unpaired) electrons. The van der Waals surface area contributed by atoms with Gasteiger partial charge >= 0.3 is 0 Å². The number of hydrogen-bond acceptors (Lipinski definition) is 4. The fourth-order valence-electron chi connectivity index (χ4n) is 1.92. The lowest BCUT2D eigenvalue weighted by molar-refractivity contribution is -0.0301. The molecule has 0 aliphatic heterocycles. The van der Waals surface area contributed by atoms with E-state index >= 15 is 0 Å². The van der Waals surface area contributed by atoms with E-state index in [1.54, 1.807) is 18.2 Å². The molecule has 1 heterocycles. The number of carbonyl (C=O) groups excluding carboxylic acids is 1. The number of amides is 1. The van der Waals surface area contributed by atoms with Gasteiger partial charge in [-0.05, 0) is 31.4 Å². The minimum Gasteiger partial charge on any atom is -0.487 e. The SMILES string of the molecule is C=CCOc1cccnc1C(=O)NCC1(O)CCC1. The van der Waals surface area contributed by atoms with Gasteiger partial charge in [0.05, 0.1) is 5.60 Å². The van der Waals surface area contributed by atoms with Crippen LogP contribution in [0.3, 0.4) is 0 Å². The van der Waals surface area contributed by atoms with Crippen LogP contribution in [0.4, 0.5) is 0 Å². The highest BCUT2D eigenvalue weighted by Crippen LogP contribution is 2.30. The fourth-order valence-corrected chi connectivity index (χ4v) is 1.92. The summed E-state index contributed by atoms with van der Waals surface area (Å²) in [6, 6.07) is 3.39. The zero-order valence-electron chi connectivity index (χ0n) is 10.8. The molecule has 2 rings (SSSR count). The summed E-state index contributed by atoms with van der Waals surface area (Å²) in [6.07, 6.45) is 5.60. The van der Waals surface area contributed by atoms with Crippen LogP contribution in [0.5, 0.6) is 5.75 Å². The van der Waals surface area contributed by atoms with E-state index in [9.17, 15) is 9.90 Å². The van der Waals surface area contributed by atoms with Crippen LogP contribution in [0.25, 0.3) is 0 Å². The Labute approximate surface area is 112 Å². The van der Waals surface area contributed by atoms with Gasteiger partial charge in [0, 0.05) is 12.7 Å². The topological polar surface area (TPSA) is 71.5 Å². The first-order valence-corrected chi connectivity index (χ1v) is 6.34. The van der Waals surface area contributed by atoms with Gasteiger partial charge in [0.15, 0.2) is 11.4 Å². The van der Waals surface area contributed by atoms with E-state index in [0.717, 1.165) is 19.3 Å². The van der Waals surface area contributed by atoms with Gasteiger partial charge < -0.3 is 15.2 Å². The van der Waals surface area contributed by atoms with E-state index in [0.29, 0.717) is 12.4 Å². The Morgan fingerprint density at radius 1 is 1.63 bits per heavy atom. The van der Waals surface area contributed by atoms with E-state index in [1.165, 1.54) is 6.20 Å². The maximum absolute atomic E-state index is 12.0. The fraction of sp³-hybridized carbons (Fsp3) is 0.429. The molecule has 1 amide bonds. The van der Waals surface area contributed by atoms with Gasteiger partial charge in [-0.2, -0.15) is 0 Å². The Morgan fingerprint density at radius 2 is 2.42 bits per heavy atom. The van der Waals surface area contributed by atoms with E-state index in [1.807, 2.05) is 0 Å². The normalized spacial score (nSPS) is 16.3. The van der Waals surface area contributed by atoms with Crippen LogP contribution in [-0.2, 0) is 0 Å². The predicted molar refractivity (Wildman–Crippen MR) is 71.1 cm³/mol. The second-order valence-corrected chi connectivity index (χ2v) is 4.71. The van der Waals surface area contributed by atoms with Crippen molar-refractivity contribution in [1.82, 2.24) is 10.3 Å². The van der Waals surface area contributed by atoms with Crippen LogP contribution in [0.15, 0.2) is 31.0 Å². The number of ether oxygens (including phenoxy) is 1. The summed E-state index contributed by atoms with van der Waals surface area (Å²) < 4.78 is 5.38. The number of aliphatic hydroxyl groups is 1. The molecular formula is C14H18N2O3. The van der Waals surface area contributed by atoms with E-state index < -0.39 is 5.60 Å². The third-order valence-electron chi connectivity index (χ3n) is 3.20. The minimum absolute atomic E-state index is 0.229. The van der Waals surface area contributed by atoms with Crippen molar-refractivity contribution in [3.63, 3.8) is 0 Å². The molecule has 1 aromatic heterocycles. The van der Waals surface area contributed by atoms with Gasteiger partial charge in [-0.15, -0.1) is 0 Å². The molecule has 0 bridgehead atoms. The molecular weight excluding hydrogens is 244 g/mol. The van der Waals surface area contributed by atoms with Crippen molar-refractivity contribution < 1.29 is 14.6 Å². The van der Waals surface area contributed by atoms with Crippen LogP contribution in [0.1, 0.15) is 29.8 Å². The van der Waals surface area contributed by atoms with Crippen LogP contribution >= 0.6 is 0 Å². The third-order valence-corrected chi connectivity index (χ3v) is 3.20. The maximum Gasteiger partial charge on any atom is 0.273 e. The van der Waals surface area contributed by atoms with Gasteiger partial charge in [-0.3, -0.25) is 4.79 Å². The first kappa shape index (κ1) is 13.5. The average molecular weight is 262 g/mol.